The van der Waals surface area contributed by atoms with Crippen molar-refractivity contribution in [3.05, 3.63) is 47.5 Å². The fourth-order valence-corrected chi connectivity index (χ4v) is 3.75. The highest BCUT2D eigenvalue weighted by atomic mass is 16.5. The fraction of sp³-hybridized carbons (Fsp3) is 0.250. The van der Waals surface area contributed by atoms with Gasteiger partial charge in [-0.3, -0.25) is 4.79 Å². The number of primary amides is 1. The van der Waals surface area contributed by atoms with Crippen LogP contribution in [0.3, 0.4) is 0 Å². The quantitative estimate of drug-likeness (QED) is 0.195. The zero-order valence-corrected chi connectivity index (χ0v) is 17.8. The number of carbonyl (C=O) groups excluding carboxylic acids is 2. The van der Waals surface area contributed by atoms with Crippen LogP contribution in [0, 0.1) is 0 Å². The Morgan fingerprint density at radius 3 is 2.41 bits per heavy atom. The molecule has 1 amide bonds. The number of carbonyl (C=O) groups is 2. The van der Waals surface area contributed by atoms with Crippen LogP contribution in [0.15, 0.2) is 36.4 Å². The summed E-state index contributed by atoms with van der Waals surface area (Å²) in [5.74, 6) is -1.29. The maximum absolute atomic E-state index is 12.6. The second-order valence-corrected chi connectivity index (χ2v) is 7.44. The maximum atomic E-state index is 12.6. The van der Waals surface area contributed by atoms with Crippen LogP contribution in [-0.4, -0.2) is 40.7 Å². The molecule has 0 saturated heterocycles. The van der Waals surface area contributed by atoms with Crippen LogP contribution in [0.1, 0.15) is 46.9 Å². The predicted octanol–water partition coefficient (Wildman–Crippen LogP) is 4.10. The normalized spacial score (nSPS) is 11.2. The highest BCUT2D eigenvalue weighted by Gasteiger charge is 2.22. The minimum absolute atomic E-state index is 0.118. The van der Waals surface area contributed by atoms with Gasteiger partial charge in [0.25, 0.3) is 5.91 Å². The molecule has 0 aliphatic heterocycles. The standard InChI is InChI=1S/C24H23N3O5/c1-3-4-7-10-32-24(30)15-11-16-17(12-18(15)31-2)26-20-13-8-5-6-9-14(13)22(28)19(23(25)29)21(20)27-16/h5-6,8-9,11-12,28H,3-4,7,10H2,1-2H3,(H2,25,29). The zero-order chi connectivity index (χ0) is 22.8. The Labute approximate surface area is 184 Å². The van der Waals surface area contributed by atoms with Gasteiger partial charge in [0.2, 0.25) is 0 Å². The van der Waals surface area contributed by atoms with E-state index in [1.54, 1.807) is 30.3 Å². The molecule has 0 atom stereocenters. The third-order valence-electron chi connectivity index (χ3n) is 5.34. The Morgan fingerprint density at radius 2 is 1.72 bits per heavy atom. The van der Waals surface area contributed by atoms with Gasteiger partial charge in [-0.1, -0.05) is 44.0 Å². The van der Waals surface area contributed by atoms with E-state index in [0.29, 0.717) is 39.7 Å². The number of amides is 1. The lowest BCUT2D eigenvalue weighted by Crippen LogP contribution is -2.13. The molecule has 1 aromatic heterocycles. The van der Waals surface area contributed by atoms with Gasteiger partial charge < -0.3 is 20.3 Å². The SMILES string of the molecule is CCCCCOC(=O)c1cc2nc3c(C(N)=O)c(O)c4ccccc4c3nc2cc1OC. The summed E-state index contributed by atoms with van der Waals surface area (Å²) in [5, 5.41) is 11.8. The van der Waals surface area contributed by atoms with Gasteiger partial charge in [-0.2, -0.15) is 0 Å². The lowest BCUT2D eigenvalue weighted by molar-refractivity contribution is 0.0494. The van der Waals surface area contributed by atoms with E-state index in [4.69, 9.17) is 15.2 Å². The number of methoxy groups -OCH3 is 1. The fourth-order valence-electron chi connectivity index (χ4n) is 3.75. The van der Waals surface area contributed by atoms with Gasteiger partial charge in [0.1, 0.15) is 28.1 Å². The molecular formula is C24H23N3O5. The van der Waals surface area contributed by atoms with Gasteiger partial charge in [0.05, 0.1) is 30.3 Å². The van der Waals surface area contributed by atoms with E-state index in [-0.39, 0.29) is 22.4 Å². The number of phenols is 1. The summed E-state index contributed by atoms with van der Waals surface area (Å²) in [6.45, 7) is 2.38. The predicted molar refractivity (Wildman–Crippen MR) is 121 cm³/mol. The van der Waals surface area contributed by atoms with Crippen LogP contribution in [-0.2, 0) is 4.74 Å². The first kappa shape index (κ1) is 21.3. The van der Waals surface area contributed by atoms with E-state index in [2.05, 4.69) is 16.9 Å². The molecule has 0 saturated carbocycles. The van der Waals surface area contributed by atoms with Crippen molar-refractivity contribution in [2.45, 2.75) is 26.2 Å². The molecule has 0 radical (unpaired) electrons. The van der Waals surface area contributed by atoms with Crippen molar-refractivity contribution in [1.82, 2.24) is 9.97 Å². The molecule has 0 aliphatic carbocycles. The lowest BCUT2D eigenvalue weighted by Gasteiger charge is -2.13. The molecular weight excluding hydrogens is 410 g/mol. The van der Waals surface area contributed by atoms with Crippen LogP contribution in [0.25, 0.3) is 32.8 Å². The van der Waals surface area contributed by atoms with Gasteiger partial charge >= 0.3 is 5.97 Å². The van der Waals surface area contributed by atoms with E-state index >= 15 is 0 Å². The summed E-state index contributed by atoms with van der Waals surface area (Å²) < 4.78 is 10.8. The van der Waals surface area contributed by atoms with E-state index in [1.165, 1.54) is 13.2 Å². The summed E-state index contributed by atoms with van der Waals surface area (Å²) >= 11 is 0. The molecule has 4 aromatic rings. The molecule has 32 heavy (non-hydrogen) atoms. The number of hydrogen-bond donors (Lipinski definition) is 2. The Kier molecular flexibility index (Phi) is 5.77. The number of aromatic nitrogens is 2. The monoisotopic (exact) mass is 433 g/mol. The van der Waals surface area contributed by atoms with Crippen LogP contribution in [0.4, 0.5) is 0 Å². The minimum atomic E-state index is -0.823. The van der Waals surface area contributed by atoms with Gasteiger partial charge in [-0.05, 0) is 12.5 Å². The van der Waals surface area contributed by atoms with Gasteiger partial charge in [-0.25, -0.2) is 14.8 Å². The smallest absolute Gasteiger partial charge is 0.341 e. The van der Waals surface area contributed by atoms with E-state index in [0.717, 1.165) is 19.3 Å². The third kappa shape index (κ3) is 3.64. The molecule has 164 valence electrons. The highest BCUT2D eigenvalue weighted by molar-refractivity contribution is 6.19. The van der Waals surface area contributed by atoms with Crippen LogP contribution in [0.5, 0.6) is 11.5 Å². The summed E-state index contributed by atoms with van der Waals surface area (Å²) in [7, 11) is 1.46. The molecule has 4 rings (SSSR count). The number of fused-ring (bicyclic) bond motifs is 4. The Morgan fingerprint density at radius 1 is 1.03 bits per heavy atom. The number of nitrogens with zero attached hydrogens (tertiary/aromatic N) is 2. The summed E-state index contributed by atoms with van der Waals surface area (Å²) in [4.78, 5) is 34.0. The average molecular weight is 433 g/mol. The first-order chi connectivity index (χ1) is 15.5. The first-order valence-corrected chi connectivity index (χ1v) is 10.4. The second-order valence-electron chi connectivity index (χ2n) is 7.44. The summed E-state index contributed by atoms with van der Waals surface area (Å²) in [5.41, 5.74) is 7.02. The Balaban J connectivity index is 1.94. The molecule has 8 nitrogen and oxygen atoms in total. The molecule has 1 heterocycles. The number of rotatable bonds is 7. The molecule has 0 aliphatic rings. The van der Waals surface area contributed by atoms with E-state index < -0.39 is 11.9 Å². The van der Waals surface area contributed by atoms with Crippen LogP contribution < -0.4 is 10.5 Å². The molecule has 3 aromatic carbocycles. The van der Waals surface area contributed by atoms with Gasteiger partial charge in [0.15, 0.2) is 0 Å². The molecule has 3 N–H and O–H groups in total. The Hall–Kier alpha value is -3.94. The number of benzene rings is 3. The number of ether oxygens (including phenoxy) is 2. The zero-order valence-electron chi connectivity index (χ0n) is 17.8. The number of nitrogens with two attached hydrogens (primary N) is 1. The van der Waals surface area contributed by atoms with Crippen molar-refractivity contribution in [3.63, 3.8) is 0 Å². The van der Waals surface area contributed by atoms with Crippen molar-refractivity contribution in [2.24, 2.45) is 5.73 Å². The van der Waals surface area contributed by atoms with Crippen LogP contribution in [0.2, 0.25) is 0 Å². The summed E-state index contributed by atoms with van der Waals surface area (Å²) in [6, 6.07) is 10.1. The van der Waals surface area contributed by atoms with Gasteiger partial charge in [0, 0.05) is 16.8 Å². The number of aromatic hydroxyl groups is 1. The van der Waals surface area contributed by atoms with Crippen LogP contribution >= 0.6 is 0 Å². The number of unbranched alkanes of at least 4 members (excludes halogenated alkanes) is 2. The molecule has 0 fully saturated rings. The van der Waals surface area contributed by atoms with Crippen molar-refractivity contribution >= 4 is 44.7 Å². The largest absolute Gasteiger partial charge is 0.506 e. The van der Waals surface area contributed by atoms with Crippen molar-refractivity contribution in [2.75, 3.05) is 13.7 Å². The molecule has 0 bridgehead atoms. The number of hydrogen-bond acceptors (Lipinski definition) is 7. The maximum Gasteiger partial charge on any atom is 0.341 e. The van der Waals surface area contributed by atoms with Gasteiger partial charge in [-0.15, -0.1) is 0 Å². The molecule has 0 spiro atoms. The topological polar surface area (TPSA) is 125 Å². The summed E-state index contributed by atoms with van der Waals surface area (Å²) in [6.07, 6.45) is 2.76. The number of esters is 1. The lowest BCUT2D eigenvalue weighted by atomic mass is 10.0. The van der Waals surface area contributed by atoms with Crippen molar-refractivity contribution in [3.8, 4) is 11.5 Å². The third-order valence-corrected chi connectivity index (χ3v) is 5.34. The van der Waals surface area contributed by atoms with Crippen molar-refractivity contribution in [1.29, 1.82) is 0 Å². The van der Waals surface area contributed by atoms with Crippen molar-refractivity contribution < 1.29 is 24.2 Å². The first-order valence-electron chi connectivity index (χ1n) is 10.4. The Bertz CT molecular complexity index is 1370. The average Bonchev–Trinajstić information content (AvgIpc) is 2.80. The highest BCUT2D eigenvalue weighted by Crippen LogP contribution is 2.37. The minimum Gasteiger partial charge on any atom is -0.506 e. The molecule has 0 unspecified atom stereocenters. The van der Waals surface area contributed by atoms with E-state index in [1.807, 2.05) is 0 Å². The second kappa shape index (κ2) is 8.66. The van der Waals surface area contributed by atoms with E-state index in [9.17, 15) is 14.7 Å². The molecule has 8 heteroatoms.